The summed E-state index contributed by atoms with van der Waals surface area (Å²) in [6, 6.07) is 3.62. The molecule has 0 radical (unpaired) electrons. The third-order valence-corrected chi connectivity index (χ3v) is 2.13. The van der Waals surface area contributed by atoms with Gasteiger partial charge in [0.1, 0.15) is 5.75 Å². The van der Waals surface area contributed by atoms with E-state index in [2.05, 4.69) is 0 Å². The average molecular weight is 235 g/mol. The average Bonchev–Trinajstić information content (AvgIpc) is 2.16. The van der Waals surface area contributed by atoms with Gasteiger partial charge in [0, 0.05) is 0 Å². The molecule has 5 heteroatoms. The lowest BCUT2D eigenvalue weighted by atomic mass is 10.0. The molecule has 0 bridgehead atoms. The first kappa shape index (κ1) is 11.9. The molecule has 2 nitrogen and oxygen atoms in total. The summed E-state index contributed by atoms with van der Waals surface area (Å²) in [4.78, 5) is 11.4. The van der Waals surface area contributed by atoms with E-state index in [0.717, 1.165) is 6.07 Å². The SMILES string of the molecule is CC(Cl)C(=O)c1cccc(C(F)F)c1O. The molecule has 1 aromatic rings. The van der Waals surface area contributed by atoms with E-state index in [1.165, 1.54) is 19.1 Å². The van der Waals surface area contributed by atoms with Crippen LogP contribution in [-0.2, 0) is 0 Å². The summed E-state index contributed by atoms with van der Waals surface area (Å²) in [5.74, 6) is -1.26. The van der Waals surface area contributed by atoms with Crippen LogP contribution in [0.1, 0.15) is 29.3 Å². The van der Waals surface area contributed by atoms with Gasteiger partial charge in [-0.2, -0.15) is 0 Å². The summed E-state index contributed by atoms with van der Waals surface area (Å²) >= 11 is 5.52. The number of carbonyl (C=O) groups excluding carboxylic acids is 1. The summed E-state index contributed by atoms with van der Waals surface area (Å²) in [7, 11) is 0. The minimum absolute atomic E-state index is 0.171. The number of ketones is 1. The van der Waals surface area contributed by atoms with E-state index in [4.69, 9.17) is 11.6 Å². The van der Waals surface area contributed by atoms with Gasteiger partial charge in [0.15, 0.2) is 5.78 Å². The number of benzene rings is 1. The molecule has 0 heterocycles. The van der Waals surface area contributed by atoms with Gasteiger partial charge in [-0.05, 0) is 19.1 Å². The van der Waals surface area contributed by atoms with Crippen LogP contribution in [0.2, 0.25) is 0 Å². The quantitative estimate of drug-likeness (QED) is 0.644. The van der Waals surface area contributed by atoms with Gasteiger partial charge in [-0.1, -0.05) is 6.07 Å². The molecule has 0 saturated heterocycles. The number of rotatable bonds is 3. The number of hydrogen-bond donors (Lipinski definition) is 1. The number of aromatic hydroxyl groups is 1. The molecule has 0 aliphatic heterocycles. The number of hydrogen-bond acceptors (Lipinski definition) is 2. The van der Waals surface area contributed by atoms with Crippen molar-refractivity contribution in [3.8, 4) is 5.75 Å². The van der Waals surface area contributed by atoms with Crippen LogP contribution < -0.4 is 0 Å². The van der Waals surface area contributed by atoms with Crippen molar-refractivity contribution in [1.82, 2.24) is 0 Å². The maximum Gasteiger partial charge on any atom is 0.267 e. The molecule has 0 aliphatic carbocycles. The number of alkyl halides is 3. The van der Waals surface area contributed by atoms with Gasteiger partial charge in [0.2, 0.25) is 0 Å². The van der Waals surface area contributed by atoms with Crippen LogP contribution in [0.5, 0.6) is 5.75 Å². The summed E-state index contributed by atoms with van der Waals surface area (Å²) < 4.78 is 24.7. The van der Waals surface area contributed by atoms with Gasteiger partial charge in [-0.25, -0.2) is 8.78 Å². The number of phenols is 1. The van der Waals surface area contributed by atoms with Crippen molar-refractivity contribution in [2.75, 3.05) is 0 Å². The molecule has 1 atom stereocenters. The first-order valence-electron chi connectivity index (χ1n) is 4.23. The van der Waals surface area contributed by atoms with Crippen molar-refractivity contribution in [3.63, 3.8) is 0 Å². The topological polar surface area (TPSA) is 37.3 Å². The van der Waals surface area contributed by atoms with E-state index in [1.807, 2.05) is 0 Å². The van der Waals surface area contributed by atoms with Crippen molar-refractivity contribution in [1.29, 1.82) is 0 Å². The second-order valence-electron chi connectivity index (χ2n) is 3.02. The van der Waals surface area contributed by atoms with Crippen molar-refractivity contribution in [2.45, 2.75) is 18.7 Å². The Hall–Kier alpha value is -1.16. The van der Waals surface area contributed by atoms with Crippen LogP contribution in [0.15, 0.2) is 18.2 Å². The van der Waals surface area contributed by atoms with Gasteiger partial charge >= 0.3 is 0 Å². The van der Waals surface area contributed by atoms with E-state index < -0.39 is 28.9 Å². The van der Waals surface area contributed by atoms with Gasteiger partial charge in [0.25, 0.3) is 6.43 Å². The lowest BCUT2D eigenvalue weighted by molar-refractivity contribution is 0.0988. The predicted molar refractivity (Wildman–Crippen MR) is 52.7 cm³/mol. The van der Waals surface area contributed by atoms with Crippen molar-refractivity contribution in [3.05, 3.63) is 29.3 Å². The Labute approximate surface area is 90.5 Å². The molecule has 0 saturated carbocycles. The maximum absolute atomic E-state index is 12.4. The van der Waals surface area contributed by atoms with Crippen LogP contribution >= 0.6 is 11.6 Å². The predicted octanol–water partition coefficient (Wildman–Crippen LogP) is 3.14. The number of halogens is 3. The molecule has 0 aromatic heterocycles. The third kappa shape index (κ3) is 2.45. The van der Waals surface area contributed by atoms with Gasteiger partial charge in [-0.3, -0.25) is 4.79 Å². The Morgan fingerprint density at radius 2 is 2.07 bits per heavy atom. The van der Waals surface area contributed by atoms with Gasteiger partial charge in [-0.15, -0.1) is 11.6 Å². The molecule has 15 heavy (non-hydrogen) atoms. The standard InChI is InChI=1S/C10H9ClF2O2/c1-5(11)8(14)6-3-2-4-7(9(6)15)10(12)13/h2-5,10,15H,1H3. The maximum atomic E-state index is 12.4. The smallest absolute Gasteiger partial charge is 0.267 e. The first-order valence-corrected chi connectivity index (χ1v) is 4.67. The third-order valence-electron chi connectivity index (χ3n) is 1.93. The van der Waals surface area contributed by atoms with Crippen LogP contribution in [0.4, 0.5) is 8.78 Å². The highest BCUT2D eigenvalue weighted by Gasteiger charge is 2.21. The van der Waals surface area contributed by atoms with Crippen LogP contribution in [0.3, 0.4) is 0 Å². The highest BCUT2D eigenvalue weighted by Crippen LogP contribution is 2.31. The summed E-state index contributed by atoms with van der Waals surface area (Å²) in [6.07, 6.45) is -2.82. The summed E-state index contributed by atoms with van der Waals surface area (Å²) in [5, 5.41) is 8.56. The molecular weight excluding hydrogens is 226 g/mol. The first-order chi connectivity index (χ1) is 6.95. The monoisotopic (exact) mass is 234 g/mol. The zero-order valence-corrected chi connectivity index (χ0v) is 8.63. The number of carbonyl (C=O) groups is 1. The van der Waals surface area contributed by atoms with E-state index in [9.17, 15) is 18.7 Å². The van der Waals surface area contributed by atoms with Crippen molar-refractivity contribution in [2.24, 2.45) is 0 Å². The second-order valence-corrected chi connectivity index (χ2v) is 3.68. The summed E-state index contributed by atoms with van der Waals surface area (Å²) in [6.45, 7) is 1.42. The molecule has 0 amide bonds. The fourth-order valence-corrected chi connectivity index (χ4v) is 1.27. The van der Waals surface area contributed by atoms with Gasteiger partial charge < -0.3 is 5.11 Å². The van der Waals surface area contributed by atoms with Crippen molar-refractivity contribution < 1.29 is 18.7 Å². The van der Waals surface area contributed by atoms with Crippen LogP contribution in [0, 0.1) is 0 Å². The molecule has 1 N–H and O–H groups in total. The Kier molecular flexibility index (Phi) is 3.63. The molecule has 1 rings (SSSR count). The van der Waals surface area contributed by atoms with Crippen LogP contribution in [-0.4, -0.2) is 16.3 Å². The Morgan fingerprint density at radius 1 is 1.47 bits per heavy atom. The molecule has 0 aliphatic rings. The molecule has 0 fully saturated rings. The molecule has 1 unspecified atom stereocenters. The Bertz CT molecular complexity index is 378. The minimum Gasteiger partial charge on any atom is -0.507 e. The molecule has 0 spiro atoms. The minimum atomic E-state index is -2.82. The number of para-hydroxylation sites is 1. The van der Waals surface area contributed by atoms with E-state index in [1.54, 1.807) is 0 Å². The highest BCUT2D eigenvalue weighted by molar-refractivity contribution is 6.33. The highest BCUT2D eigenvalue weighted by atomic mass is 35.5. The zero-order valence-electron chi connectivity index (χ0n) is 7.88. The summed E-state index contributed by atoms with van der Waals surface area (Å²) in [5.41, 5.74) is -0.728. The normalized spacial score (nSPS) is 12.9. The Morgan fingerprint density at radius 3 is 2.53 bits per heavy atom. The number of Topliss-reactive ketones (excluding diaryl/α,β-unsaturated/α-hetero) is 1. The van der Waals surface area contributed by atoms with E-state index >= 15 is 0 Å². The molecule has 1 aromatic carbocycles. The lowest BCUT2D eigenvalue weighted by Gasteiger charge is -2.09. The largest absolute Gasteiger partial charge is 0.507 e. The second kappa shape index (κ2) is 4.57. The van der Waals surface area contributed by atoms with Gasteiger partial charge in [0.05, 0.1) is 16.5 Å². The Balaban J connectivity index is 3.21. The zero-order chi connectivity index (χ0) is 11.6. The molecule has 82 valence electrons. The fraction of sp³-hybridized carbons (Fsp3) is 0.300. The van der Waals surface area contributed by atoms with Crippen molar-refractivity contribution >= 4 is 17.4 Å². The van der Waals surface area contributed by atoms with E-state index in [0.29, 0.717) is 0 Å². The molecular formula is C10H9ClF2O2. The van der Waals surface area contributed by atoms with Crippen LogP contribution in [0.25, 0.3) is 0 Å². The lowest BCUT2D eigenvalue weighted by Crippen LogP contribution is -2.11. The number of phenolic OH excluding ortho intramolecular Hbond substituents is 1. The fourth-order valence-electron chi connectivity index (χ4n) is 1.15. The van der Waals surface area contributed by atoms with E-state index in [-0.39, 0.29) is 5.56 Å².